The van der Waals surface area contributed by atoms with E-state index in [0.717, 1.165) is 12.8 Å². The summed E-state index contributed by atoms with van der Waals surface area (Å²) < 4.78 is 1.56. The first-order valence-electron chi connectivity index (χ1n) is 10.3. The second-order valence-electron chi connectivity index (χ2n) is 8.13. The van der Waals surface area contributed by atoms with Crippen molar-refractivity contribution in [1.82, 2.24) is 25.1 Å². The lowest BCUT2D eigenvalue weighted by molar-refractivity contribution is 0.0932. The van der Waals surface area contributed by atoms with E-state index in [9.17, 15) is 9.90 Å². The third-order valence-corrected chi connectivity index (χ3v) is 6.89. The lowest BCUT2D eigenvalue weighted by atomic mass is 10.1. The van der Waals surface area contributed by atoms with Crippen molar-refractivity contribution in [2.45, 2.75) is 24.9 Å². The predicted octanol–water partition coefficient (Wildman–Crippen LogP) is 2.36. The van der Waals surface area contributed by atoms with Crippen LogP contribution >= 0.6 is 23.2 Å². The molecule has 1 saturated heterocycles. The number of carbonyl (C=O) groups is 1. The lowest BCUT2D eigenvalue weighted by Crippen LogP contribution is -2.44. The van der Waals surface area contributed by atoms with E-state index in [4.69, 9.17) is 34.3 Å². The minimum Gasteiger partial charge on any atom is -0.504 e. The van der Waals surface area contributed by atoms with Crippen LogP contribution in [-0.4, -0.2) is 55.2 Å². The van der Waals surface area contributed by atoms with Crippen LogP contribution in [0.2, 0.25) is 10.0 Å². The normalized spacial score (nSPS) is 21.4. The van der Waals surface area contributed by atoms with Gasteiger partial charge in [-0.1, -0.05) is 23.2 Å². The highest BCUT2D eigenvalue weighted by molar-refractivity contribution is 6.34. The number of piperidine rings is 1. The minimum atomic E-state index is -0.334. The number of anilines is 1. The van der Waals surface area contributed by atoms with Crippen LogP contribution in [0, 0.1) is 11.3 Å². The van der Waals surface area contributed by atoms with Crippen molar-refractivity contribution in [3.8, 4) is 11.4 Å². The van der Waals surface area contributed by atoms with Crippen LogP contribution < -0.4 is 16.0 Å². The van der Waals surface area contributed by atoms with E-state index < -0.39 is 0 Å². The van der Waals surface area contributed by atoms with E-state index in [1.807, 2.05) is 4.90 Å². The minimum absolute atomic E-state index is 0.0595. The molecule has 3 unspecified atom stereocenters. The average molecular weight is 487 g/mol. The van der Waals surface area contributed by atoms with Crippen LogP contribution in [0.25, 0.3) is 5.69 Å². The second kappa shape index (κ2) is 8.20. The molecule has 2 aromatic heterocycles. The molecule has 3 heterocycles. The van der Waals surface area contributed by atoms with Crippen molar-refractivity contribution in [3.05, 3.63) is 58.2 Å². The summed E-state index contributed by atoms with van der Waals surface area (Å²) in [6.45, 7) is 0.605. The molecule has 1 aromatic carbocycles. The van der Waals surface area contributed by atoms with E-state index in [2.05, 4.69) is 20.4 Å². The number of nitrogens with two attached hydrogens (primary N) is 1. The fraction of sp³-hybridized carbons (Fsp3) is 0.286. The van der Waals surface area contributed by atoms with Crippen molar-refractivity contribution in [1.29, 1.82) is 5.41 Å². The summed E-state index contributed by atoms with van der Waals surface area (Å²) in [5.41, 5.74) is 6.71. The second-order valence-corrected chi connectivity index (χ2v) is 8.94. The van der Waals surface area contributed by atoms with Crippen LogP contribution in [0.1, 0.15) is 28.8 Å². The van der Waals surface area contributed by atoms with Crippen LogP contribution in [-0.2, 0) is 0 Å². The summed E-state index contributed by atoms with van der Waals surface area (Å²) in [6, 6.07) is 4.88. The number of nitrogens with zero attached hydrogens (tertiary/aromatic N) is 5. The first-order chi connectivity index (χ1) is 15.8. The van der Waals surface area contributed by atoms with Gasteiger partial charge >= 0.3 is 0 Å². The predicted molar refractivity (Wildman–Crippen MR) is 123 cm³/mol. The third-order valence-electron chi connectivity index (χ3n) is 6.29. The molecule has 5 rings (SSSR count). The highest BCUT2D eigenvalue weighted by Gasteiger charge is 2.49. The standard InChI is InChI=1S/C21H20Cl2N8O2/c22-13-5-11(31-9-26-8-28-31)2-3-12(13)21(33)29-17-10-1-4-15(17)30(7-10)20-18(32)16(19(24)25)14(23)6-27-20/h2-3,5-6,8-10,15,17,32H,1,4,7H2,(H3,24,25)(H,29,33). The molecule has 170 valence electrons. The Morgan fingerprint density at radius 2 is 2.09 bits per heavy atom. The Morgan fingerprint density at radius 1 is 1.27 bits per heavy atom. The molecule has 12 heteroatoms. The van der Waals surface area contributed by atoms with E-state index in [1.54, 1.807) is 29.2 Å². The molecular formula is C21H20Cl2N8O2. The number of hydrogen-bond donors (Lipinski definition) is 4. The van der Waals surface area contributed by atoms with Crippen molar-refractivity contribution < 1.29 is 9.90 Å². The zero-order valence-corrected chi connectivity index (χ0v) is 18.8. The Labute approximate surface area is 198 Å². The van der Waals surface area contributed by atoms with Gasteiger partial charge in [0.2, 0.25) is 0 Å². The van der Waals surface area contributed by atoms with Crippen molar-refractivity contribution in [3.63, 3.8) is 0 Å². The summed E-state index contributed by atoms with van der Waals surface area (Å²) >= 11 is 12.5. The van der Waals surface area contributed by atoms with Gasteiger partial charge in [0.25, 0.3) is 5.91 Å². The van der Waals surface area contributed by atoms with Gasteiger partial charge in [0, 0.05) is 12.7 Å². The molecule has 2 fully saturated rings. The number of rotatable bonds is 5. The number of halogens is 2. The molecule has 1 aliphatic carbocycles. The SMILES string of the molecule is N=C(N)c1c(Cl)cnc(N2CC3CCC2C3NC(=O)c2ccc(-n3cncn3)cc2Cl)c1O. The number of carbonyl (C=O) groups excluding carboxylic acids is 1. The molecule has 10 nitrogen and oxygen atoms in total. The summed E-state index contributed by atoms with van der Waals surface area (Å²) in [4.78, 5) is 23.2. The maximum atomic E-state index is 13.1. The Hall–Kier alpha value is -3.37. The molecule has 2 aliphatic rings. The van der Waals surface area contributed by atoms with Gasteiger partial charge in [-0.05, 0) is 37.0 Å². The summed E-state index contributed by atoms with van der Waals surface area (Å²) in [7, 11) is 0. The van der Waals surface area contributed by atoms with E-state index >= 15 is 0 Å². The quantitative estimate of drug-likeness (QED) is 0.319. The van der Waals surface area contributed by atoms with Gasteiger partial charge in [-0.15, -0.1) is 0 Å². The monoisotopic (exact) mass is 486 g/mol. The fourth-order valence-corrected chi connectivity index (χ4v) is 5.30. The molecule has 3 atom stereocenters. The number of amidine groups is 1. The number of aromatic hydroxyl groups is 1. The van der Waals surface area contributed by atoms with Gasteiger partial charge < -0.3 is 21.1 Å². The third kappa shape index (κ3) is 3.65. The van der Waals surface area contributed by atoms with Crippen molar-refractivity contribution in [2.75, 3.05) is 11.4 Å². The molecule has 1 amide bonds. The molecule has 33 heavy (non-hydrogen) atoms. The molecule has 1 saturated carbocycles. The van der Waals surface area contributed by atoms with E-state index in [1.165, 1.54) is 12.5 Å². The van der Waals surface area contributed by atoms with Crippen molar-refractivity contribution in [2.24, 2.45) is 11.7 Å². The first kappa shape index (κ1) is 21.5. The zero-order chi connectivity index (χ0) is 23.3. The number of benzene rings is 1. The fourth-order valence-electron chi connectivity index (χ4n) is 4.79. The highest BCUT2D eigenvalue weighted by atomic mass is 35.5. The van der Waals surface area contributed by atoms with Gasteiger partial charge in [0.1, 0.15) is 18.5 Å². The summed E-state index contributed by atoms with van der Waals surface area (Å²) in [6.07, 6.45) is 6.12. The van der Waals surface area contributed by atoms with E-state index in [0.29, 0.717) is 28.6 Å². The van der Waals surface area contributed by atoms with Crippen LogP contribution in [0.5, 0.6) is 5.75 Å². The number of amides is 1. The lowest BCUT2D eigenvalue weighted by Gasteiger charge is -2.29. The van der Waals surface area contributed by atoms with Crippen molar-refractivity contribution >= 4 is 40.8 Å². The maximum absolute atomic E-state index is 13.1. The average Bonchev–Trinajstić information content (AvgIpc) is 3.51. The molecule has 2 bridgehead atoms. The molecule has 3 aromatic rings. The number of aromatic nitrogens is 4. The van der Waals surface area contributed by atoms with Crippen LogP contribution in [0.15, 0.2) is 37.1 Å². The van der Waals surface area contributed by atoms with Crippen LogP contribution in [0.4, 0.5) is 5.82 Å². The largest absolute Gasteiger partial charge is 0.504 e. The Kier molecular flexibility index (Phi) is 5.34. The number of fused-ring (bicyclic) bond motifs is 2. The Balaban J connectivity index is 1.37. The number of nitrogen functional groups attached to an aromatic ring is 1. The molecule has 0 radical (unpaired) electrons. The van der Waals surface area contributed by atoms with Gasteiger partial charge in [-0.2, -0.15) is 5.10 Å². The van der Waals surface area contributed by atoms with Gasteiger partial charge in [-0.25, -0.2) is 14.6 Å². The molecule has 5 N–H and O–H groups in total. The highest BCUT2D eigenvalue weighted by Crippen LogP contribution is 2.44. The topological polar surface area (TPSA) is 146 Å². The Bertz CT molecular complexity index is 1250. The van der Waals surface area contributed by atoms with Gasteiger partial charge in [0.15, 0.2) is 11.6 Å². The van der Waals surface area contributed by atoms with Gasteiger partial charge in [-0.3, -0.25) is 10.2 Å². The molecule has 1 aliphatic heterocycles. The smallest absolute Gasteiger partial charge is 0.253 e. The summed E-state index contributed by atoms with van der Waals surface area (Å²) in [5.74, 6) is -0.332. The maximum Gasteiger partial charge on any atom is 0.253 e. The zero-order valence-electron chi connectivity index (χ0n) is 17.2. The molecular weight excluding hydrogens is 467 g/mol. The first-order valence-corrected chi connectivity index (χ1v) is 11.0. The number of pyridine rings is 1. The molecule has 0 spiro atoms. The Morgan fingerprint density at radius 3 is 2.79 bits per heavy atom. The number of hydrogen-bond acceptors (Lipinski definition) is 7. The summed E-state index contributed by atoms with van der Waals surface area (Å²) in [5, 5.41) is 26.0. The van der Waals surface area contributed by atoms with Gasteiger partial charge in [0.05, 0.1) is 38.9 Å². The van der Waals surface area contributed by atoms with Crippen LogP contribution in [0.3, 0.4) is 0 Å². The number of nitrogens with one attached hydrogen (secondary N) is 2. The van der Waals surface area contributed by atoms with E-state index in [-0.39, 0.29) is 46.1 Å².